The summed E-state index contributed by atoms with van der Waals surface area (Å²) >= 11 is 0. The standard InChI is InChI=1S/C32H27N3O/c1-5-18-35-23(4)28(26-8-6-7-9-29(26)35)20-34-32-27(19-33)30(24-14-10-21(2)11-15-24)31(36-32)25-16-12-22(3)13-17-25/h5-17,20H,1,18H2,2-4H3. The molecule has 0 saturated carbocycles. The Kier molecular flexibility index (Phi) is 6.14. The van der Waals surface area contributed by atoms with E-state index in [1.807, 2.05) is 86.8 Å². The van der Waals surface area contributed by atoms with Crippen LogP contribution in [0.1, 0.15) is 27.9 Å². The number of para-hydroxylation sites is 1. The molecule has 4 heteroatoms. The van der Waals surface area contributed by atoms with Gasteiger partial charge in [-0.3, -0.25) is 0 Å². The molecular weight excluding hydrogens is 442 g/mol. The van der Waals surface area contributed by atoms with Crippen molar-refractivity contribution in [3.8, 4) is 28.5 Å². The lowest BCUT2D eigenvalue weighted by Crippen LogP contribution is -1.97. The minimum absolute atomic E-state index is 0.309. The SMILES string of the molecule is C=CCn1c(C)c(C=Nc2oc(-c3ccc(C)cc3)c(-c3ccc(C)cc3)c2C#N)c2ccccc21. The molecule has 3 aromatic carbocycles. The fourth-order valence-corrected chi connectivity index (χ4v) is 4.63. The van der Waals surface area contributed by atoms with E-state index in [9.17, 15) is 5.26 Å². The number of allylic oxidation sites excluding steroid dienone is 1. The number of benzene rings is 3. The number of hydrogen-bond donors (Lipinski definition) is 0. The second-order valence-corrected chi connectivity index (χ2v) is 9.00. The number of rotatable bonds is 6. The number of nitrogens with zero attached hydrogens (tertiary/aromatic N) is 3. The summed E-state index contributed by atoms with van der Waals surface area (Å²) in [5.74, 6) is 0.956. The van der Waals surface area contributed by atoms with Crippen LogP contribution in [0.3, 0.4) is 0 Å². The third-order valence-corrected chi connectivity index (χ3v) is 6.56. The molecular formula is C32H27N3O. The van der Waals surface area contributed by atoms with Gasteiger partial charge in [0.15, 0.2) is 0 Å². The highest BCUT2D eigenvalue weighted by Crippen LogP contribution is 2.42. The van der Waals surface area contributed by atoms with Crippen molar-refractivity contribution < 1.29 is 4.42 Å². The van der Waals surface area contributed by atoms with Crippen molar-refractivity contribution in [3.63, 3.8) is 0 Å². The molecule has 2 aromatic heterocycles. The van der Waals surface area contributed by atoms with Crippen LogP contribution in [0, 0.1) is 32.1 Å². The Balaban J connectivity index is 1.70. The van der Waals surface area contributed by atoms with Crippen molar-refractivity contribution in [2.45, 2.75) is 27.3 Å². The van der Waals surface area contributed by atoms with Gasteiger partial charge in [0, 0.05) is 46.0 Å². The molecule has 0 aliphatic carbocycles. The van der Waals surface area contributed by atoms with Gasteiger partial charge in [0.05, 0.1) is 0 Å². The summed E-state index contributed by atoms with van der Waals surface area (Å²) < 4.78 is 8.55. The van der Waals surface area contributed by atoms with E-state index in [0.717, 1.165) is 50.0 Å². The second kappa shape index (κ2) is 9.56. The molecule has 0 unspecified atom stereocenters. The van der Waals surface area contributed by atoms with E-state index in [0.29, 0.717) is 23.8 Å². The molecule has 0 fully saturated rings. The molecule has 0 amide bonds. The van der Waals surface area contributed by atoms with Gasteiger partial charge in [0.2, 0.25) is 5.88 Å². The third kappa shape index (κ3) is 4.06. The van der Waals surface area contributed by atoms with Crippen molar-refractivity contribution in [1.29, 1.82) is 5.26 Å². The maximum absolute atomic E-state index is 10.2. The number of furan rings is 1. The van der Waals surface area contributed by atoms with E-state index in [1.165, 1.54) is 0 Å². The van der Waals surface area contributed by atoms with Gasteiger partial charge < -0.3 is 8.98 Å². The number of aryl methyl sites for hydroxylation is 2. The summed E-state index contributed by atoms with van der Waals surface area (Å²) in [6, 6.07) is 26.9. The number of aliphatic imine (C=N–C) groups is 1. The van der Waals surface area contributed by atoms with Gasteiger partial charge in [-0.2, -0.15) is 5.26 Å². The minimum atomic E-state index is 0.309. The molecule has 0 saturated heterocycles. The second-order valence-electron chi connectivity index (χ2n) is 9.00. The molecule has 0 aliphatic rings. The molecule has 2 heterocycles. The molecule has 0 aliphatic heterocycles. The average Bonchev–Trinajstić information content (AvgIpc) is 3.39. The van der Waals surface area contributed by atoms with Crippen LogP contribution in [-0.4, -0.2) is 10.8 Å². The molecule has 5 aromatic rings. The zero-order chi connectivity index (χ0) is 25.2. The predicted molar refractivity (Wildman–Crippen MR) is 148 cm³/mol. The molecule has 0 spiro atoms. The number of hydrogen-bond acceptors (Lipinski definition) is 3. The molecule has 36 heavy (non-hydrogen) atoms. The first-order valence-electron chi connectivity index (χ1n) is 12.0. The van der Waals surface area contributed by atoms with E-state index in [4.69, 9.17) is 9.41 Å². The van der Waals surface area contributed by atoms with Gasteiger partial charge in [0.25, 0.3) is 0 Å². The summed E-state index contributed by atoms with van der Waals surface area (Å²) in [6.45, 7) is 10.8. The molecule has 0 atom stereocenters. The van der Waals surface area contributed by atoms with Gasteiger partial charge in [-0.25, -0.2) is 4.99 Å². The molecule has 0 bridgehead atoms. The summed E-state index contributed by atoms with van der Waals surface area (Å²) in [6.07, 6.45) is 3.71. The topological polar surface area (TPSA) is 54.2 Å². The Bertz CT molecular complexity index is 1640. The largest absolute Gasteiger partial charge is 0.436 e. The minimum Gasteiger partial charge on any atom is -0.436 e. The van der Waals surface area contributed by atoms with Crippen LogP contribution in [0.15, 0.2) is 94.9 Å². The van der Waals surface area contributed by atoms with Gasteiger partial charge in [-0.05, 0) is 32.4 Å². The highest BCUT2D eigenvalue weighted by atomic mass is 16.4. The van der Waals surface area contributed by atoms with Gasteiger partial charge in [-0.1, -0.05) is 83.9 Å². The Morgan fingerprint density at radius 2 is 1.56 bits per heavy atom. The van der Waals surface area contributed by atoms with Crippen LogP contribution in [0.2, 0.25) is 0 Å². The highest BCUT2D eigenvalue weighted by molar-refractivity contribution is 6.02. The van der Waals surface area contributed by atoms with Crippen molar-refractivity contribution in [2.24, 2.45) is 4.99 Å². The van der Waals surface area contributed by atoms with Gasteiger partial charge in [0.1, 0.15) is 17.4 Å². The van der Waals surface area contributed by atoms with E-state index in [-0.39, 0.29) is 0 Å². The molecule has 5 rings (SSSR count). The van der Waals surface area contributed by atoms with E-state index < -0.39 is 0 Å². The molecule has 4 nitrogen and oxygen atoms in total. The maximum Gasteiger partial charge on any atom is 0.238 e. The summed E-state index contributed by atoms with van der Waals surface area (Å²) in [4.78, 5) is 4.75. The fraction of sp³-hybridized carbons (Fsp3) is 0.125. The average molecular weight is 470 g/mol. The maximum atomic E-state index is 10.2. The smallest absolute Gasteiger partial charge is 0.238 e. The van der Waals surface area contributed by atoms with Crippen LogP contribution in [0.25, 0.3) is 33.4 Å². The third-order valence-electron chi connectivity index (χ3n) is 6.56. The highest BCUT2D eigenvalue weighted by Gasteiger charge is 2.23. The zero-order valence-electron chi connectivity index (χ0n) is 20.7. The first-order valence-corrected chi connectivity index (χ1v) is 12.0. The predicted octanol–water partition coefficient (Wildman–Crippen LogP) is 8.30. The number of nitriles is 1. The van der Waals surface area contributed by atoms with E-state index >= 15 is 0 Å². The summed E-state index contributed by atoms with van der Waals surface area (Å²) in [5, 5.41) is 11.3. The van der Waals surface area contributed by atoms with Crippen molar-refractivity contribution in [3.05, 3.63) is 113 Å². The van der Waals surface area contributed by atoms with Crippen molar-refractivity contribution in [2.75, 3.05) is 0 Å². The Morgan fingerprint density at radius 3 is 2.19 bits per heavy atom. The van der Waals surface area contributed by atoms with Crippen molar-refractivity contribution in [1.82, 2.24) is 4.57 Å². The van der Waals surface area contributed by atoms with Crippen LogP contribution in [0.5, 0.6) is 0 Å². The lowest BCUT2D eigenvalue weighted by molar-refractivity contribution is 0.593. The lowest BCUT2D eigenvalue weighted by atomic mass is 9.97. The number of aromatic nitrogens is 1. The fourth-order valence-electron chi connectivity index (χ4n) is 4.63. The quantitative estimate of drug-likeness (QED) is 0.185. The normalized spacial score (nSPS) is 11.3. The van der Waals surface area contributed by atoms with Gasteiger partial charge >= 0.3 is 0 Å². The first kappa shape index (κ1) is 23.1. The van der Waals surface area contributed by atoms with Crippen LogP contribution >= 0.6 is 0 Å². The number of fused-ring (bicyclic) bond motifs is 1. The van der Waals surface area contributed by atoms with Crippen LogP contribution in [0.4, 0.5) is 5.88 Å². The molecule has 176 valence electrons. The summed E-state index contributed by atoms with van der Waals surface area (Å²) in [5.41, 5.74) is 8.55. The van der Waals surface area contributed by atoms with Crippen LogP contribution in [-0.2, 0) is 6.54 Å². The van der Waals surface area contributed by atoms with E-state index in [1.54, 1.807) is 0 Å². The summed E-state index contributed by atoms with van der Waals surface area (Å²) in [7, 11) is 0. The van der Waals surface area contributed by atoms with E-state index in [2.05, 4.69) is 36.3 Å². The van der Waals surface area contributed by atoms with Crippen LogP contribution < -0.4 is 0 Å². The first-order chi connectivity index (χ1) is 17.5. The Hall–Kier alpha value is -4.62. The zero-order valence-corrected chi connectivity index (χ0v) is 20.7. The van der Waals surface area contributed by atoms with Crippen molar-refractivity contribution >= 4 is 23.0 Å². The van der Waals surface area contributed by atoms with Gasteiger partial charge in [-0.15, -0.1) is 6.58 Å². The molecule has 0 N–H and O–H groups in total. The monoisotopic (exact) mass is 469 g/mol. The Labute approximate surface area is 211 Å². The Morgan fingerprint density at radius 1 is 0.917 bits per heavy atom. The lowest BCUT2D eigenvalue weighted by Gasteiger charge is -2.05. The molecule has 0 radical (unpaired) electrons.